The van der Waals surface area contributed by atoms with Crippen LogP contribution in [0.25, 0.3) is 16.4 Å². The molecule has 0 spiro atoms. The van der Waals surface area contributed by atoms with Gasteiger partial charge in [0.05, 0.1) is 21.2 Å². The third kappa shape index (κ3) is 4.64. The summed E-state index contributed by atoms with van der Waals surface area (Å²) in [6.45, 7) is 0. The number of amides is 2. The maximum absolute atomic E-state index is 13.8. The number of carbonyl (C=O) groups excluding carboxylic acids is 2. The van der Waals surface area contributed by atoms with Crippen molar-refractivity contribution in [3.63, 3.8) is 0 Å². The number of nitrogens with zero attached hydrogens (tertiary/aromatic N) is 3. The molecule has 2 aromatic heterocycles. The van der Waals surface area contributed by atoms with Crippen LogP contribution in [0.3, 0.4) is 0 Å². The number of rotatable bonds is 6. The Labute approximate surface area is 197 Å². The topological polar surface area (TPSA) is 88.9 Å². The number of halogens is 2. The van der Waals surface area contributed by atoms with Gasteiger partial charge < -0.3 is 10.6 Å². The van der Waals surface area contributed by atoms with E-state index >= 15 is 0 Å². The van der Waals surface area contributed by atoms with Gasteiger partial charge in [0.1, 0.15) is 5.82 Å². The largest absolute Gasteiger partial charge is 0.349 e. The molecule has 7 nitrogen and oxygen atoms in total. The van der Waals surface area contributed by atoms with Gasteiger partial charge in [0, 0.05) is 11.7 Å². The fraction of sp³-hybridized carbons (Fsp3) is 0.130. The van der Waals surface area contributed by atoms with Gasteiger partial charge in [-0.25, -0.2) is 14.1 Å². The van der Waals surface area contributed by atoms with E-state index in [2.05, 4.69) is 20.7 Å². The molecule has 33 heavy (non-hydrogen) atoms. The zero-order valence-electron chi connectivity index (χ0n) is 17.1. The molecule has 4 aromatic rings. The highest BCUT2D eigenvalue weighted by Gasteiger charge is 2.25. The lowest BCUT2D eigenvalue weighted by Crippen LogP contribution is -2.25. The molecule has 1 fully saturated rings. The second-order valence-corrected chi connectivity index (χ2v) is 8.88. The Balaban J connectivity index is 1.41. The van der Waals surface area contributed by atoms with E-state index < -0.39 is 11.7 Å². The molecule has 1 saturated carbocycles. The maximum Gasteiger partial charge on any atom is 0.295 e. The molecule has 1 aliphatic rings. The average Bonchev–Trinajstić information content (AvgIpc) is 3.26. The third-order valence-corrected chi connectivity index (χ3v) is 6.17. The quantitative estimate of drug-likeness (QED) is 0.408. The van der Waals surface area contributed by atoms with Crippen molar-refractivity contribution in [1.82, 2.24) is 20.1 Å². The molecule has 0 bridgehead atoms. The van der Waals surface area contributed by atoms with Gasteiger partial charge in [-0.05, 0) is 60.7 Å². The summed E-state index contributed by atoms with van der Waals surface area (Å²) >= 11 is 7.70. The molecule has 166 valence electrons. The summed E-state index contributed by atoms with van der Waals surface area (Å²) in [6, 6.07) is 14.5. The van der Waals surface area contributed by atoms with Gasteiger partial charge in [0.2, 0.25) is 5.82 Å². The highest BCUT2D eigenvalue weighted by molar-refractivity contribution is 7.13. The number of anilines is 1. The normalized spacial score (nSPS) is 13.0. The Morgan fingerprint density at radius 2 is 1.94 bits per heavy atom. The number of hydrogen-bond acceptors (Lipinski definition) is 5. The SMILES string of the molecule is O=C(Nc1ccc(C(=O)NC2CC2)c(Cl)c1)c1nc(-c2cccs2)n(-c2cccc(F)c2)n1. The number of aromatic nitrogens is 3. The second kappa shape index (κ2) is 8.76. The smallest absolute Gasteiger partial charge is 0.295 e. The molecule has 0 atom stereocenters. The molecule has 1 aliphatic carbocycles. The molecule has 0 radical (unpaired) electrons. The van der Waals surface area contributed by atoms with Crippen molar-refractivity contribution >= 4 is 40.4 Å². The predicted molar refractivity (Wildman–Crippen MR) is 125 cm³/mol. The molecular formula is C23H17ClFN5O2S. The van der Waals surface area contributed by atoms with Gasteiger partial charge in [-0.3, -0.25) is 9.59 Å². The number of carbonyl (C=O) groups is 2. The van der Waals surface area contributed by atoms with Crippen molar-refractivity contribution in [2.75, 3.05) is 5.32 Å². The summed E-state index contributed by atoms with van der Waals surface area (Å²) in [5.41, 5.74) is 1.18. The summed E-state index contributed by atoms with van der Waals surface area (Å²) in [4.78, 5) is 30.3. The summed E-state index contributed by atoms with van der Waals surface area (Å²) in [6.07, 6.45) is 1.94. The first-order valence-corrected chi connectivity index (χ1v) is 11.4. The standard InChI is InChI=1S/C23H17ClFN5O2S/c24-18-12-15(8-9-17(18)22(31)26-14-6-7-14)27-23(32)20-28-21(19-5-2-10-33-19)30(29-20)16-4-1-3-13(25)11-16/h1-5,8-12,14H,6-7H2,(H,26,31)(H,27,32). The Bertz CT molecular complexity index is 1350. The van der Waals surface area contributed by atoms with E-state index in [1.165, 1.54) is 34.2 Å². The van der Waals surface area contributed by atoms with Gasteiger partial charge in [-0.2, -0.15) is 0 Å². The minimum atomic E-state index is -0.561. The molecule has 0 unspecified atom stereocenters. The molecule has 2 heterocycles. The van der Waals surface area contributed by atoms with E-state index in [0.717, 1.165) is 17.7 Å². The lowest BCUT2D eigenvalue weighted by atomic mass is 10.2. The van der Waals surface area contributed by atoms with E-state index in [1.54, 1.807) is 24.3 Å². The van der Waals surface area contributed by atoms with Gasteiger partial charge in [-0.1, -0.05) is 23.7 Å². The van der Waals surface area contributed by atoms with Crippen LogP contribution in [-0.4, -0.2) is 32.6 Å². The first-order chi connectivity index (χ1) is 16.0. The van der Waals surface area contributed by atoms with Crippen molar-refractivity contribution < 1.29 is 14.0 Å². The average molecular weight is 482 g/mol. The van der Waals surface area contributed by atoms with Crippen molar-refractivity contribution in [3.8, 4) is 16.4 Å². The summed E-state index contributed by atoms with van der Waals surface area (Å²) in [5, 5.41) is 12.0. The first-order valence-electron chi connectivity index (χ1n) is 10.2. The van der Waals surface area contributed by atoms with Crippen LogP contribution in [0.2, 0.25) is 5.02 Å². The number of hydrogen-bond donors (Lipinski definition) is 2. The zero-order valence-corrected chi connectivity index (χ0v) is 18.7. The minimum absolute atomic E-state index is 0.0886. The highest BCUT2D eigenvalue weighted by Crippen LogP contribution is 2.27. The van der Waals surface area contributed by atoms with Gasteiger partial charge in [0.25, 0.3) is 11.8 Å². The van der Waals surface area contributed by atoms with Crippen LogP contribution in [0, 0.1) is 5.82 Å². The second-order valence-electron chi connectivity index (χ2n) is 7.52. The molecular weight excluding hydrogens is 465 g/mol. The minimum Gasteiger partial charge on any atom is -0.349 e. The van der Waals surface area contributed by atoms with E-state index in [-0.39, 0.29) is 22.8 Å². The molecule has 0 aliphatic heterocycles. The van der Waals surface area contributed by atoms with Crippen molar-refractivity contribution in [2.45, 2.75) is 18.9 Å². The van der Waals surface area contributed by atoms with Crippen LogP contribution in [0.15, 0.2) is 60.0 Å². The van der Waals surface area contributed by atoms with Crippen molar-refractivity contribution in [3.05, 3.63) is 82.2 Å². The summed E-state index contributed by atoms with van der Waals surface area (Å²) in [5.74, 6) is -0.891. The van der Waals surface area contributed by atoms with Crippen LogP contribution in [0.1, 0.15) is 33.8 Å². The van der Waals surface area contributed by atoms with Gasteiger partial charge >= 0.3 is 0 Å². The van der Waals surface area contributed by atoms with Gasteiger partial charge in [-0.15, -0.1) is 16.4 Å². The number of nitrogens with one attached hydrogen (secondary N) is 2. The van der Waals surface area contributed by atoms with Crippen LogP contribution >= 0.6 is 22.9 Å². The fourth-order valence-electron chi connectivity index (χ4n) is 3.22. The highest BCUT2D eigenvalue weighted by atomic mass is 35.5. The molecule has 5 rings (SSSR count). The van der Waals surface area contributed by atoms with E-state index in [1.807, 2.05) is 17.5 Å². The molecule has 0 saturated heterocycles. The Kier molecular flexibility index (Phi) is 5.65. The number of thiophene rings is 1. The van der Waals surface area contributed by atoms with Crippen molar-refractivity contribution in [2.24, 2.45) is 0 Å². The van der Waals surface area contributed by atoms with E-state index in [4.69, 9.17) is 11.6 Å². The molecule has 2 amide bonds. The van der Waals surface area contributed by atoms with Crippen LogP contribution in [0.5, 0.6) is 0 Å². The Morgan fingerprint density at radius 3 is 2.64 bits per heavy atom. The van der Waals surface area contributed by atoms with Gasteiger partial charge in [0.15, 0.2) is 5.82 Å². The predicted octanol–water partition coefficient (Wildman–Crippen LogP) is 4.93. The third-order valence-electron chi connectivity index (χ3n) is 4.99. The Hall–Kier alpha value is -3.56. The lowest BCUT2D eigenvalue weighted by molar-refractivity contribution is 0.0950. The maximum atomic E-state index is 13.8. The monoisotopic (exact) mass is 481 g/mol. The molecule has 2 aromatic carbocycles. The molecule has 2 N–H and O–H groups in total. The van der Waals surface area contributed by atoms with E-state index in [0.29, 0.717) is 22.8 Å². The lowest BCUT2D eigenvalue weighted by Gasteiger charge is -2.08. The van der Waals surface area contributed by atoms with Crippen LogP contribution in [0.4, 0.5) is 10.1 Å². The van der Waals surface area contributed by atoms with Crippen LogP contribution < -0.4 is 10.6 Å². The van der Waals surface area contributed by atoms with E-state index in [9.17, 15) is 14.0 Å². The van der Waals surface area contributed by atoms with Crippen molar-refractivity contribution in [1.29, 1.82) is 0 Å². The Morgan fingerprint density at radius 1 is 1.09 bits per heavy atom. The first kappa shape index (κ1) is 21.3. The van der Waals surface area contributed by atoms with Crippen LogP contribution in [-0.2, 0) is 0 Å². The fourth-order valence-corrected chi connectivity index (χ4v) is 4.18. The number of benzene rings is 2. The summed E-state index contributed by atoms with van der Waals surface area (Å²) in [7, 11) is 0. The zero-order chi connectivity index (χ0) is 22.9. The molecule has 10 heteroatoms. The summed E-state index contributed by atoms with van der Waals surface area (Å²) < 4.78 is 15.2.